The molecule has 4 nitrogen and oxygen atoms in total. The van der Waals surface area contributed by atoms with E-state index in [9.17, 15) is 0 Å². The van der Waals surface area contributed by atoms with Crippen LogP contribution in [0.5, 0.6) is 0 Å². The van der Waals surface area contributed by atoms with Crippen molar-refractivity contribution in [2.24, 2.45) is 0 Å². The summed E-state index contributed by atoms with van der Waals surface area (Å²) in [6, 6.07) is 10.7. The minimum atomic E-state index is 0.290. The number of hydrogen-bond acceptors (Lipinski definition) is 4. The number of aryl methyl sites for hydroxylation is 1. The summed E-state index contributed by atoms with van der Waals surface area (Å²) in [5.74, 6) is 0. The van der Waals surface area contributed by atoms with Gasteiger partial charge in [-0.2, -0.15) is 5.10 Å². The molecule has 0 saturated heterocycles. The first kappa shape index (κ1) is 14.9. The van der Waals surface area contributed by atoms with Gasteiger partial charge in [-0.1, -0.05) is 30.3 Å². The van der Waals surface area contributed by atoms with Crippen LogP contribution in [0, 0.1) is 6.92 Å². The highest BCUT2D eigenvalue weighted by Crippen LogP contribution is 2.32. The highest BCUT2D eigenvalue weighted by molar-refractivity contribution is 7.12. The van der Waals surface area contributed by atoms with E-state index >= 15 is 0 Å². The number of aromatic nitrogens is 3. The lowest BCUT2D eigenvalue weighted by molar-refractivity contribution is 0.664. The van der Waals surface area contributed by atoms with E-state index in [-0.39, 0.29) is 0 Å². The van der Waals surface area contributed by atoms with Crippen LogP contribution in [0.25, 0.3) is 11.3 Å². The molecule has 0 radical (unpaired) electrons. The summed E-state index contributed by atoms with van der Waals surface area (Å²) in [5.41, 5.74) is 3.37. The number of rotatable bonds is 5. The van der Waals surface area contributed by atoms with Gasteiger partial charge in [-0.05, 0) is 26.5 Å². The topological polar surface area (TPSA) is 42.7 Å². The van der Waals surface area contributed by atoms with E-state index in [2.05, 4.69) is 54.7 Å². The van der Waals surface area contributed by atoms with Crippen molar-refractivity contribution in [1.29, 1.82) is 0 Å². The van der Waals surface area contributed by atoms with E-state index in [1.807, 2.05) is 24.0 Å². The van der Waals surface area contributed by atoms with Gasteiger partial charge in [0.1, 0.15) is 0 Å². The molecule has 0 amide bonds. The Morgan fingerprint density at radius 2 is 2.05 bits per heavy atom. The first-order valence-electron chi connectivity index (χ1n) is 7.38. The van der Waals surface area contributed by atoms with Gasteiger partial charge in [-0.3, -0.25) is 4.68 Å². The molecule has 0 saturated carbocycles. The Morgan fingerprint density at radius 3 is 2.77 bits per heavy atom. The third-order valence-corrected chi connectivity index (χ3v) is 4.83. The molecule has 0 fully saturated rings. The first-order valence-corrected chi connectivity index (χ1v) is 8.20. The van der Waals surface area contributed by atoms with Crippen LogP contribution in [-0.2, 0) is 6.54 Å². The van der Waals surface area contributed by atoms with Crippen LogP contribution in [0.15, 0.2) is 42.7 Å². The maximum Gasteiger partial charge on any atom is 0.0905 e. The first-order chi connectivity index (χ1) is 10.7. The van der Waals surface area contributed by atoms with Gasteiger partial charge in [-0.25, -0.2) is 4.98 Å². The summed E-state index contributed by atoms with van der Waals surface area (Å²) in [6.45, 7) is 4.99. The van der Waals surface area contributed by atoms with Crippen molar-refractivity contribution in [3.05, 3.63) is 58.2 Å². The predicted molar refractivity (Wildman–Crippen MR) is 91.1 cm³/mol. The second kappa shape index (κ2) is 6.42. The summed E-state index contributed by atoms with van der Waals surface area (Å²) < 4.78 is 1.97. The molecule has 0 bridgehead atoms. The summed E-state index contributed by atoms with van der Waals surface area (Å²) in [5, 5.41) is 8.86. The molecule has 0 aliphatic rings. The second-order valence-electron chi connectivity index (χ2n) is 5.37. The van der Waals surface area contributed by atoms with E-state index in [0.717, 1.165) is 22.8 Å². The number of benzene rings is 1. The van der Waals surface area contributed by atoms with Crippen molar-refractivity contribution in [2.45, 2.75) is 26.4 Å². The quantitative estimate of drug-likeness (QED) is 0.782. The van der Waals surface area contributed by atoms with Crippen molar-refractivity contribution in [3.8, 4) is 11.3 Å². The molecular formula is C17H20N4S. The van der Waals surface area contributed by atoms with Crippen LogP contribution < -0.4 is 5.32 Å². The Morgan fingerprint density at radius 1 is 1.27 bits per heavy atom. The predicted octanol–water partition coefficient (Wildman–Crippen LogP) is 3.64. The Kier molecular flexibility index (Phi) is 4.36. The van der Waals surface area contributed by atoms with Crippen LogP contribution in [0.3, 0.4) is 0 Å². The van der Waals surface area contributed by atoms with Gasteiger partial charge in [0.2, 0.25) is 0 Å². The second-order valence-corrected chi connectivity index (χ2v) is 6.60. The number of nitrogens with one attached hydrogen (secondary N) is 1. The Hall–Kier alpha value is -1.98. The van der Waals surface area contributed by atoms with Gasteiger partial charge in [0.15, 0.2) is 0 Å². The van der Waals surface area contributed by atoms with Crippen LogP contribution in [0.4, 0.5) is 0 Å². The van der Waals surface area contributed by atoms with Crippen molar-refractivity contribution in [1.82, 2.24) is 20.1 Å². The van der Waals surface area contributed by atoms with Gasteiger partial charge >= 0.3 is 0 Å². The molecule has 114 valence electrons. The monoisotopic (exact) mass is 312 g/mol. The zero-order valence-corrected chi connectivity index (χ0v) is 13.9. The van der Waals surface area contributed by atoms with E-state index in [1.165, 1.54) is 10.4 Å². The Bertz CT molecular complexity index is 745. The van der Waals surface area contributed by atoms with Gasteiger partial charge < -0.3 is 5.32 Å². The molecule has 5 heteroatoms. The van der Waals surface area contributed by atoms with E-state index in [0.29, 0.717) is 6.04 Å². The maximum absolute atomic E-state index is 4.70. The summed E-state index contributed by atoms with van der Waals surface area (Å²) in [6.07, 6.45) is 3.98. The lowest BCUT2D eigenvalue weighted by Crippen LogP contribution is -2.11. The molecule has 22 heavy (non-hydrogen) atoms. The van der Waals surface area contributed by atoms with Crippen LogP contribution in [0.2, 0.25) is 0 Å². The molecule has 1 N–H and O–H groups in total. The van der Waals surface area contributed by atoms with Gasteiger partial charge in [-0.15, -0.1) is 11.3 Å². The summed E-state index contributed by atoms with van der Waals surface area (Å²) in [4.78, 5) is 5.96. The average molecular weight is 312 g/mol. The normalized spacial score (nSPS) is 12.5. The molecule has 2 aromatic heterocycles. The Balaban J connectivity index is 1.88. The minimum Gasteiger partial charge on any atom is -0.312 e. The molecule has 3 rings (SSSR count). The van der Waals surface area contributed by atoms with Gasteiger partial charge in [0, 0.05) is 22.7 Å². The van der Waals surface area contributed by atoms with Crippen molar-refractivity contribution >= 4 is 11.3 Å². The fraction of sp³-hybridized carbons (Fsp3) is 0.294. The van der Waals surface area contributed by atoms with Gasteiger partial charge in [0.25, 0.3) is 0 Å². The standard InChI is InChI=1S/C17H20N4S/c1-12(18-3)17-16(20-13(2)22-17)15-9-19-21(11-15)10-14-7-5-4-6-8-14/h4-9,11-12,18H,10H2,1-3H3. The molecule has 2 heterocycles. The minimum absolute atomic E-state index is 0.290. The van der Waals surface area contributed by atoms with E-state index < -0.39 is 0 Å². The van der Waals surface area contributed by atoms with E-state index in [1.54, 1.807) is 11.3 Å². The summed E-state index contributed by atoms with van der Waals surface area (Å²) >= 11 is 1.74. The van der Waals surface area contributed by atoms with Crippen molar-refractivity contribution < 1.29 is 0 Å². The average Bonchev–Trinajstić information content (AvgIpc) is 3.14. The fourth-order valence-electron chi connectivity index (χ4n) is 2.42. The molecule has 3 aromatic rings. The number of nitrogens with zero attached hydrogens (tertiary/aromatic N) is 3. The molecule has 0 aliphatic heterocycles. The third-order valence-electron chi connectivity index (χ3n) is 3.68. The summed E-state index contributed by atoms with van der Waals surface area (Å²) in [7, 11) is 1.97. The van der Waals surface area contributed by atoms with Crippen LogP contribution in [0.1, 0.15) is 28.4 Å². The number of hydrogen-bond donors (Lipinski definition) is 1. The lowest BCUT2D eigenvalue weighted by atomic mass is 10.1. The third kappa shape index (κ3) is 3.10. The molecule has 1 unspecified atom stereocenters. The zero-order valence-electron chi connectivity index (χ0n) is 13.1. The molecule has 0 spiro atoms. The smallest absolute Gasteiger partial charge is 0.0905 e. The Labute approximate surface area is 134 Å². The van der Waals surface area contributed by atoms with Crippen molar-refractivity contribution in [2.75, 3.05) is 7.05 Å². The zero-order chi connectivity index (χ0) is 15.5. The van der Waals surface area contributed by atoms with Crippen molar-refractivity contribution in [3.63, 3.8) is 0 Å². The SMILES string of the molecule is CNC(C)c1sc(C)nc1-c1cnn(Cc2ccccc2)c1. The van der Waals surface area contributed by atoms with Crippen LogP contribution in [-0.4, -0.2) is 21.8 Å². The molecule has 1 aromatic carbocycles. The fourth-order valence-corrected chi connectivity index (χ4v) is 3.43. The lowest BCUT2D eigenvalue weighted by Gasteiger charge is -2.08. The van der Waals surface area contributed by atoms with Gasteiger partial charge in [0.05, 0.1) is 23.4 Å². The molecule has 0 aliphatic carbocycles. The molecular weight excluding hydrogens is 292 g/mol. The van der Waals surface area contributed by atoms with Crippen LogP contribution >= 0.6 is 11.3 Å². The largest absolute Gasteiger partial charge is 0.312 e. The highest BCUT2D eigenvalue weighted by atomic mass is 32.1. The van der Waals surface area contributed by atoms with E-state index in [4.69, 9.17) is 4.98 Å². The number of thiazole rings is 1. The highest BCUT2D eigenvalue weighted by Gasteiger charge is 2.17. The maximum atomic E-state index is 4.70. The molecule has 1 atom stereocenters.